The largest absolute Gasteiger partial charge is 0.309 e. The van der Waals surface area contributed by atoms with Gasteiger partial charge in [-0.3, -0.25) is 0 Å². The highest BCUT2D eigenvalue weighted by atomic mass is 15.0. The van der Waals surface area contributed by atoms with Gasteiger partial charge in [-0.05, 0) is 183 Å². The molecule has 3 aromatic heterocycles. The summed E-state index contributed by atoms with van der Waals surface area (Å²) in [6.45, 7) is 2.40. The van der Waals surface area contributed by atoms with Crippen LogP contribution in [0.5, 0.6) is 0 Å². The van der Waals surface area contributed by atoms with Crippen molar-refractivity contribution >= 4 is 65.4 Å². The molecule has 16 rings (SSSR count). The molecule has 1 aliphatic carbocycles. The molecule has 372 valence electrons. The number of hydrogen-bond acceptors (Lipinski definition) is 0. The number of aromatic nitrogens is 3. The molecular formula is C76H53N3. The van der Waals surface area contributed by atoms with E-state index < -0.39 is 0 Å². The molecule has 79 heavy (non-hydrogen) atoms. The molecule has 3 nitrogen and oxygen atoms in total. The average molecular weight is 1010 g/mol. The SMILES string of the molecule is CC(c1ccccc1)[C@H]1Cc2ccc(-c3ccc4c(c3)c3cc(-c5ccc(-n6c7ccccc7c7cc(-c8ccc9c(c8)c8ccccc8n9-c8ccccc8)ccc76)cc5)ccc3n4-c3ccccc3)cc2-c2ccccc21. The van der Waals surface area contributed by atoms with Gasteiger partial charge in [-0.1, -0.05) is 183 Å². The van der Waals surface area contributed by atoms with Gasteiger partial charge in [-0.15, -0.1) is 0 Å². The van der Waals surface area contributed by atoms with E-state index in [9.17, 15) is 0 Å². The Morgan fingerprint density at radius 2 is 0.658 bits per heavy atom. The zero-order valence-corrected chi connectivity index (χ0v) is 43.8. The molecule has 2 atom stereocenters. The van der Waals surface area contributed by atoms with Gasteiger partial charge in [-0.2, -0.15) is 0 Å². The van der Waals surface area contributed by atoms with Gasteiger partial charge in [-0.25, -0.2) is 0 Å². The molecule has 0 saturated heterocycles. The lowest BCUT2D eigenvalue weighted by Gasteiger charge is -2.32. The third-order valence-electron chi connectivity index (χ3n) is 17.4. The summed E-state index contributed by atoms with van der Waals surface area (Å²) in [4.78, 5) is 0. The molecule has 0 saturated carbocycles. The monoisotopic (exact) mass is 1010 g/mol. The molecule has 0 aliphatic heterocycles. The van der Waals surface area contributed by atoms with Gasteiger partial charge in [0.1, 0.15) is 0 Å². The van der Waals surface area contributed by atoms with Gasteiger partial charge in [0.2, 0.25) is 0 Å². The lowest BCUT2D eigenvalue weighted by Crippen LogP contribution is -2.17. The summed E-state index contributed by atoms with van der Waals surface area (Å²) in [7, 11) is 0. The van der Waals surface area contributed by atoms with Crippen LogP contribution in [0.3, 0.4) is 0 Å². The molecule has 0 fully saturated rings. The lowest BCUT2D eigenvalue weighted by atomic mass is 9.71. The van der Waals surface area contributed by atoms with E-state index in [-0.39, 0.29) is 0 Å². The average Bonchev–Trinajstić information content (AvgIpc) is 4.33. The van der Waals surface area contributed by atoms with Crippen molar-refractivity contribution in [2.75, 3.05) is 0 Å². The maximum atomic E-state index is 2.45. The van der Waals surface area contributed by atoms with E-state index in [4.69, 9.17) is 0 Å². The summed E-state index contributed by atoms with van der Waals surface area (Å²) in [5.41, 5.74) is 24.9. The standard InChI is InChI=1S/C76H53N3/c1-49(50-17-5-2-6-18-50)65-48-57-30-29-53(43-66(57)62-24-12-11-23-61(62)65)56-36-42-76-70(47-56)69-44-52(33-39-75(69)78(76)59-21-9-4-10-22-59)51-31-37-60(38-32-51)79-72-28-16-14-26-64(72)68-46-55(35-41-74(68)79)54-34-40-73-67(45-54)63-25-13-15-27-71(63)77(73)58-19-7-3-8-20-58/h2-47,49,65H,48H2,1H3/t49?,65-/m1/s1. The Kier molecular flexibility index (Phi) is 10.4. The Morgan fingerprint density at radius 1 is 0.291 bits per heavy atom. The van der Waals surface area contributed by atoms with Crippen LogP contribution in [0, 0.1) is 0 Å². The van der Waals surface area contributed by atoms with E-state index in [1.54, 1.807) is 0 Å². The Morgan fingerprint density at radius 3 is 1.18 bits per heavy atom. The zero-order chi connectivity index (χ0) is 52.1. The van der Waals surface area contributed by atoms with Crippen molar-refractivity contribution in [1.29, 1.82) is 0 Å². The van der Waals surface area contributed by atoms with E-state index in [1.807, 2.05) is 0 Å². The second-order valence-corrected chi connectivity index (χ2v) is 21.7. The van der Waals surface area contributed by atoms with Crippen molar-refractivity contribution in [2.45, 2.75) is 25.2 Å². The highest BCUT2D eigenvalue weighted by Crippen LogP contribution is 2.48. The molecule has 15 aromatic rings. The maximum absolute atomic E-state index is 2.45. The van der Waals surface area contributed by atoms with E-state index >= 15 is 0 Å². The lowest BCUT2D eigenvalue weighted by molar-refractivity contribution is 0.568. The second-order valence-electron chi connectivity index (χ2n) is 21.7. The van der Waals surface area contributed by atoms with Crippen molar-refractivity contribution in [1.82, 2.24) is 13.7 Å². The Bertz CT molecular complexity index is 4860. The number of para-hydroxylation sites is 4. The fraction of sp³-hybridized carbons (Fsp3) is 0.0526. The van der Waals surface area contributed by atoms with Gasteiger partial charge < -0.3 is 13.7 Å². The first kappa shape index (κ1) is 45.3. The molecular weight excluding hydrogens is 955 g/mol. The van der Waals surface area contributed by atoms with Gasteiger partial charge in [0.15, 0.2) is 0 Å². The van der Waals surface area contributed by atoms with Crippen LogP contribution in [0.1, 0.15) is 35.4 Å². The predicted octanol–water partition coefficient (Wildman–Crippen LogP) is 20.1. The first-order chi connectivity index (χ1) is 39.1. The fourth-order valence-electron chi connectivity index (χ4n) is 13.5. The summed E-state index contributed by atoms with van der Waals surface area (Å²) < 4.78 is 7.23. The molecule has 3 heterocycles. The molecule has 0 amide bonds. The Balaban J connectivity index is 0.762. The van der Waals surface area contributed by atoms with Gasteiger partial charge in [0.25, 0.3) is 0 Å². The van der Waals surface area contributed by atoms with Gasteiger partial charge in [0.05, 0.1) is 33.1 Å². The molecule has 1 aliphatic rings. The normalized spacial score (nSPS) is 13.7. The van der Waals surface area contributed by atoms with Crippen LogP contribution >= 0.6 is 0 Å². The second kappa shape index (κ2) is 18.1. The minimum absolute atomic E-state index is 0.410. The maximum Gasteiger partial charge on any atom is 0.0541 e. The van der Waals surface area contributed by atoms with Crippen molar-refractivity contribution in [3.8, 4) is 61.6 Å². The van der Waals surface area contributed by atoms with E-state index in [1.165, 1.54) is 132 Å². The van der Waals surface area contributed by atoms with E-state index in [2.05, 4.69) is 300 Å². The molecule has 3 heteroatoms. The third kappa shape index (κ3) is 7.27. The minimum Gasteiger partial charge on any atom is -0.309 e. The molecule has 0 N–H and O–H groups in total. The van der Waals surface area contributed by atoms with Crippen LogP contribution in [0.15, 0.2) is 279 Å². The highest BCUT2D eigenvalue weighted by Gasteiger charge is 2.30. The summed E-state index contributed by atoms with van der Waals surface area (Å²) in [6.07, 6.45) is 1.03. The predicted molar refractivity (Wildman–Crippen MR) is 333 cm³/mol. The number of fused-ring (bicyclic) bond motifs is 12. The van der Waals surface area contributed by atoms with Crippen LogP contribution in [0.25, 0.3) is 127 Å². The van der Waals surface area contributed by atoms with Crippen molar-refractivity contribution in [3.05, 3.63) is 296 Å². The first-order valence-electron chi connectivity index (χ1n) is 27.7. The fourth-order valence-corrected chi connectivity index (χ4v) is 13.5. The number of benzene rings is 12. The summed E-state index contributed by atoms with van der Waals surface area (Å²) in [5.74, 6) is 0.827. The summed E-state index contributed by atoms with van der Waals surface area (Å²) >= 11 is 0. The summed E-state index contributed by atoms with van der Waals surface area (Å²) in [5, 5.41) is 7.48. The third-order valence-corrected chi connectivity index (χ3v) is 17.4. The van der Waals surface area contributed by atoms with E-state index in [0.29, 0.717) is 11.8 Å². The molecule has 0 spiro atoms. The summed E-state index contributed by atoms with van der Waals surface area (Å²) in [6, 6.07) is 104. The Labute approximate surface area is 459 Å². The van der Waals surface area contributed by atoms with E-state index in [0.717, 1.165) is 17.8 Å². The van der Waals surface area contributed by atoms with Crippen molar-refractivity contribution in [3.63, 3.8) is 0 Å². The van der Waals surface area contributed by atoms with Crippen LogP contribution in [-0.2, 0) is 6.42 Å². The molecule has 0 bridgehead atoms. The smallest absolute Gasteiger partial charge is 0.0541 e. The Hall–Kier alpha value is -9.96. The quantitative estimate of drug-likeness (QED) is 0.144. The van der Waals surface area contributed by atoms with Crippen molar-refractivity contribution in [2.24, 2.45) is 0 Å². The topological polar surface area (TPSA) is 14.8 Å². The zero-order valence-electron chi connectivity index (χ0n) is 43.8. The molecule has 0 radical (unpaired) electrons. The van der Waals surface area contributed by atoms with Crippen LogP contribution in [0.2, 0.25) is 0 Å². The first-order valence-corrected chi connectivity index (χ1v) is 27.7. The highest BCUT2D eigenvalue weighted by molar-refractivity contribution is 6.14. The van der Waals surface area contributed by atoms with Crippen LogP contribution in [-0.4, -0.2) is 13.7 Å². The number of rotatable bonds is 8. The van der Waals surface area contributed by atoms with Gasteiger partial charge in [0, 0.05) is 49.4 Å². The van der Waals surface area contributed by atoms with Crippen LogP contribution < -0.4 is 0 Å². The molecule has 12 aromatic carbocycles. The van der Waals surface area contributed by atoms with Crippen molar-refractivity contribution < 1.29 is 0 Å². The van der Waals surface area contributed by atoms with Crippen LogP contribution in [0.4, 0.5) is 0 Å². The number of nitrogens with zero attached hydrogens (tertiary/aromatic N) is 3. The minimum atomic E-state index is 0.410. The molecule has 1 unspecified atom stereocenters. The number of hydrogen-bond donors (Lipinski definition) is 0. The van der Waals surface area contributed by atoms with Gasteiger partial charge >= 0.3 is 0 Å².